The molecule has 7 heteroatoms. The van der Waals surface area contributed by atoms with Crippen molar-refractivity contribution in [1.82, 2.24) is 14.5 Å². The first-order chi connectivity index (χ1) is 10.3. The Bertz CT molecular complexity index is 488. The molecule has 2 aliphatic rings. The Hall–Kier alpha value is -0.660. The maximum atomic E-state index is 12.4. The molecule has 1 N–H and O–H groups in total. The highest BCUT2D eigenvalue weighted by Crippen LogP contribution is 2.23. The van der Waals surface area contributed by atoms with Crippen LogP contribution in [0.25, 0.3) is 0 Å². The van der Waals surface area contributed by atoms with Gasteiger partial charge in [0, 0.05) is 32.2 Å². The van der Waals surface area contributed by atoms with Crippen LogP contribution in [0.4, 0.5) is 0 Å². The Labute approximate surface area is 134 Å². The summed E-state index contributed by atoms with van der Waals surface area (Å²) in [6.07, 6.45) is 5.15. The molecule has 0 aromatic carbocycles. The fourth-order valence-corrected chi connectivity index (χ4v) is 4.44. The van der Waals surface area contributed by atoms with E-state index in [2.05, 4.69) is 12.2 Å². The second-order valence-electron chi connectivity index (χ2n) is 6.61. The molecule has 2 saturated heterocycles. The molecule has 2 rings (SSSR count). The van der Waals surface area contributed by atoms with Crippen LogP contribution >= 0.6 is 0 Å². The predicted molar refractivity (Wildman–Crippen MR) is 87.0 cm³/mol. The van der Waals surface area contributed by atoms with E-state index in [-0.39, 0.29) is 23.9 Å². The average molecular weight is 331 g/mol. The highest BCUT2D eigenvalue weighted by atomic mass is 32.2. The van der Waals surface area contributed by atoms with E-state index in [0.29, 0.717) is 13.1 Å². The van der Waals surface area contributed by atoms with Crippen molar-refractivity contribution >= 4 is 15.9 Å². The summed E-state index contributed by atoms with van der Waals surface area (Å²) in [5.74, 6) is 0.440. The Balaban J connectivity index is 1.93. The summed E-state index contributed by atoms with van der Waals surface area (Å²) in [5.41, 5.74) is 0. The van der Waals surface area contributed by atoms with E-state index in [1.54, 1.807) is 4.31 Å². The number of carbonyl (C=O) groups is 1. The molecule has 2 heterocycles. The molecule has 0 aromatic heterocycles. The van der Waals surface area contributed by atoms with Crippen LogP contribution in [-0.4, -0.2) is 68.0 Å². The third-order valence-electron chi connectivity index (χ3n) is 4.94. The van der Waals surface area contributed by atoms with Gasteiger partial charge in [-0.3, -0.25) is 4.79 Å². The van der Waals surface area contributed by atoms with Crippen molar-refractivity contribution in [3.8, 4) is 0 Å². The van der Waals surface area contributed by atoms with Crippen LogP contribution in [-0.2, 0) is 14.8 Å². The lowest BCUT2D eigenvalue weighted by molar-refractivity contribution is -0.132. The Morgan fingerprint density at radius 2 is 1.91 bits per heavy atom. The predicted octanol–water partition coefficient (Wildman–Crippen LogP) is 0.647. The van der Waals surface area contributed by atoms with E-state index in [1.807, 2.05) is 11.8 Å². The number of hydrogen-bond donors (Lipinski definition) is 1. The van der Waals surface area contributed by atoms with Crippen LogP contribution in [0, 0.1) is 5.92 Å². The maximum absolute atomic E-state index is 12.4. The number of likely N-dealkylation sites (tertiary alicyclic amines) is 1. The summed E-state index contributed by atoms with van der Waals surface area (Å²) < 4.78 is 25.0. The van der Waals surface area contributed by atoms with Crippen LogP contribution in [0.2, 0.25) is 0 Å². The van der Waals surface area contributed by atoms with Crippen LogP contribution < -0.4 is 5.32 Å². The Morgan fingerprint density at radius 1 is 1.27 bits per heavy atom. The summed E-state index contributed by atoms with van der Waals surface area (Å²) in [6, 6.07) is 0.0199. The van der Waals surface area contributed by atoms with E-state index in [4.69, 9.17) is 0 Å². The summed E-state index contributed by atoms with van der Waals surface area (Å²) in [5, 5.41) is 3.46. The first kappa shape index (κ1) is 17.7. The standard InChI is InChI=1S/C15H29N3O3S/c1-4-13-11-18(22(3,20)21)10-7-14(13)16-12(2)15(19)17-8-5-6-9-17/h12-14,16H,4-11H2,1-3H3/t12-,13+,14-/m0/s1. The largest absolute Gasteiger partial charge is 0.341 e. The molecular formula is C15H29N3O3S. The van der Waals surface area contributed by atoms with E-state index in [9.17, 15) is 13.2 Å². The zero-order valence-corrected chi connectivity index (χ0v) is 14.7. The SMILES string of the molecule is CC[C@@H]1CN(S(C)(=O)=O)CC[C@@H]1N[C@@H](C)C(=O)N1CCCC1. The van der Waals surface area contributed by atoms with Crippen molar-refractivity contribution in [3.63, 3.8) is 0 Å². The number of carbonyl (C=O) groups excluding carboxylic acids is 1. The van der Waals surface area contributed by atoms with Crippen molar-refractivity contribution in [2.24, 2.45) is 5.92 Å². The van der Waals surface area contributed by atoms with Crippen LogP contribution in [0.1, 0.15) is 39.5 Å². The van der Waals surface area contributed by atoms with Gasteiger partial charge in [-0.05, 0) is 32.1 Å². The molecule has 0 unspecified atom stereocenters. The van der Waals surface area contributed by atoms with Gasteiger partial charge in [0.2, 0.25) is 15.9 Å². The van der Waals surface area contributed by atoms with Gasteiger partial charge in [0.1, 0.15) is 0 Å². The zero-order chi connectivity index (χ0) is 16.3. The number of nitrogens with zero attached hydrogens (tertiary/aromatic N) is 2. The van der Waals surface area contributed by atoms with E-state index in [1.165, 1.54) is 6.26 Å². The number of piperidine rings is 1. The van der Waals surface area contributed by atoms with Crippen molar-refractivity contribution in [1.29, 1.82) is 0 Å². The molecule has 0 bridgehead atoms. The highest BCUT2D eigenvalue weighted by molar-refractivity contribution is 7.88. The van der Waals surface area contributed by atoms with Crippen molar-refractivity contribution < 1.29 is 13.2 Å². The molecule has 0 saturated carbocycles. The van der Waals surface area contributed by atoms with Crippen LogP contribution in [0.15, 0.2) is 0 Å². The van der Waals surface area contributed by atoms with Crippen molar-refractivity contribution in [3.05, 3.63) is 0 Å². The quantitative estimate of drug-likeness (QED) is 0.803. The molecule has 0 radical (unpaired) electrons. The van der Waals surface area contributed by atoms with Crippen molar-refractivity contribution in [2.45, 2.75) is 51.6 Å². The number of nitrogens with one attached hydrogen (secondary N) is 1. The Morgan fingerprint density at radius 3 is 2.45 bits per heavy atom. The fourth-order valence-electron chi connectivity index (χ4n) is 3.54. The molecule has 0 spiro atoms. The van der Waals surface area contributed by atoms with E-state index >= 15 is 0 Å². The minimum absolute atomic E-state index is 0.179. The minimum atomic E-state index is -3.12. The zero-order valence-electron chi connectivity index (χ0n) is 13.9. The molecule has 3 atom stereocenters. The van der Waals surface area contributed by atoms with Gasteiger partial charge >= 0.3 is 0 Å². The lowest BCUT2D eigenvalue weighted by Gasteiger charge is -2.39. The molecule has 22 heavy (non-hydrogen) atoms. The van der Waals surface area contributed by atoms with Gasteiger partial charge in [-0.25, -0.2) is 12.7 Å². The van der Waals surface area contributed by atoms with Gasteiger partial charge in [0.05, 0.1) is 12.3 Å². The highest BCUT2D eigenvalue weighted by Gasteiger charge is 2.34. The summed E-state index contributed by atoms with van der Waals surface area (Å²) >= 11 is 0. The number of rotatable bonds is 5. The van der Waals surface area contributed by atoms with E-state index < -0.39 is 10.0 Å². The first-order valence-electron chi connectivity index (χ1n) is 8.33. The number of hydrogen-bond acceptors (Lipinski definition) is 4. The molecule has 2 fully saturated rings. The molecule has 2 aliphatic heterocycles. The van der Waals surface area contributed by atoms with Gasteiger partial charge in [0.15, 0.2) is 0 Å². The van der Waals surface area contributed by atoms with Gasteiger partial charge in [0.25, 0.3) is 0 Å². The Kier molecular flexibility index (Phi) is 5.85. The third kappa shape index (κ3) is 4.20. The minimum Gasteiger partial charge on any atom is -0.341 e. The third-order valence-corrected chi connectivity index (χ3v) is 6.21. The van der Waals surface area contributed by atoms with Gasteiger partial charge in [-0.2, -0.15) is 0 Å². The van der Waals surface area contributed by atoms with Crippen LogP contribution in [0.3, 0.4) is 0 Å². The topological polar surface area (TPSA) is 69.7 Å². The van der Waals surface area contributed by atoms with Gasteiger partial charge in [-0.15, -0.1) is 0 Å². The second-order valence-corrected chi connectivity index (χ2v) is 8.59. The molecule has 128 valence electrons. The van der Waals surface area contributed by atoms with Gasteiger partial charge < -0.3 is 10.2 Å². The molecular weight excluding hydrogens is 302 g/mol. The average Bonchev–Trinajstić information content (AvgIpc) is 2.99. The molecule has 6 nitrogen and oxygen atoms in total. The summed E-state index contributed by atoms with van der Waals surface area (Å²) in [7, 11) is -3.12. The van der Waals surface area contributed by atoms with Crippen molar-refractivity contribution in [2.75, 3.05) is 32.4 Å². The van der Waals surface area contributed by atoms with E-state index in [0.717, 1.165) is 38.8 Å². The molecule has 0 aromatic rings. The smallest absolute Gasteiger partial charge is 0.239 e. The van der Waals surface area contributed by atoms with Gasteiger partial charge in [-0.1, -0.05) is 13.3 Å². The molecule has 1 amide bonds. The second kappa shape index (κ2) is 7.27. The summed E-state index contributed by atoms with van der Waals surface area (Å²) in [6.45, 7) is 6.84. The fraction of sp³-hybridized carbons (Fsp3) is 0.933. The first-order valence-corrected chi connectivity index (χ1v) is 10.2. The van der Waals surface area contributed by atoms with Crippen LogP contribution in [0.5, 0.6) is 0 Å². The number of sulfonamides is 1. The maximum Gasteiger partial charge on any atom is 0.239 e. The number of amides is 1. The lowest BCUT2D eigenvalue weighted by Crippen LogP contribution is -2.55. The summed E-state index contributed by atoms with van der Waals surface area (Å²) in [4.78, 5) is 14.3. The monoisotopic (exact) mass is 331 g/mol. The molecule has 0 aliphatic carbocycles. The lowest BCUT2D eigenvalue weighted by atomic mass is 9.90. The normalized spacial score (nSPS) is 28.8.